The van der Waals surface area contributed by atoms with Crippen molar-refractivity contribution in [1.82, 2.24) is 5.32 Å². The lowest BCUT2D eigenvalue weighted by molar-refractivity contribution is 0.411. The largest absolute Gasteiger partial charge is 0.506 e. The van der Waals surface area contributed by atoms with Gasteiger partial charge in [-0.2, -0.15) is 0 Å². The number of hydrogen-bond donors (Lipinski definition) is 2. The molecule has 1 heterocycles. The zero-order valence-corrected chi connectivity index (χ0v) is 9.94. The molecule has 1 aliphatic rings. The molecule has 0 bridgehead atoms. The van der Waals surface area contributed by atoms with E-state index in [9.17, 15) is 5.11 Å². The van der Waals surface area contributed by atoms with Crippen LogP contribution in [0.5, 0.6) is 5.75 Å². The second-order valence-electron chi connectivity index (χ2n) is 3.71. The highest BCUT2D eigenvalue weighted by atomic mass is 35.5. The molecule has 1 aromatic carbocycles. The number of hydrogen-bond acceptors (Lipinski definition) is 2. The Kier molecular flexibility index (Phi) is 4.71. The third kappa shape index (κ3) is 3.00. The molecule has 2 N–H and O–H groups in total. The van der Waals surface area contributed by atoms with Crippen molar-refractivity contribution in [3.05, 3.63) is 28.8 Å². The number of phenolic OH excluding ortho intramolecular Hbond substituents is 1. The monoisotopic (exact) mass is 247 g/mol. The number of phenols is 1. The number of nitrogens with one attached hydrogen (secondary N) is 1. The highest BCUT2D eigenvalue weighted by Crippen LogP contribution is 2.29. The molecule has 1 atom stereocenters. The maximum Gasteiger partial charge on any atom is 0.134 e. The van der Waals surface area contributed by atoms with E-state index in [0.29, 0.717) is 11.1 Å². The molecule has 1 aliphatic heterocycles. The van der Waals surface area contributed by atoms with Crippen molar-refractivity contribution in [2.24, 2.45) is 0 Å². The first-order valence-corrected chi connectivity index (χ1v) is 5.37. The molecule has 1 aromatic rings. The van der Waals surface area contributed by atoms with Gasteiger partial charge in [-0.15, -0.1) is 12.4 Å². The Morgan fingerprint density at radius 2 is 2.13 bits per heavy atom. The van der Waals surface area contributed by atoms with Gasteiger partial charge in [-0.25, -0.2) is 0 Å². The van der Waals surface area contributed by atoms with Crippen LogP contribution in [-0.2, 0) is 0 Å². The summed E-state index contributed by atoms with van der Waals surface area (Å²) in [6.07, 6.45) is 3.67. The van der Waals surface area contributed by atoms with E-state index in [-0.39, 0.29) is 18.2 Å². The predicted octanol–water partition coefficient (Wildman–Crippen LogP) is 3.28. The summed E-state index contributed by atoms with van der Waals surface area (Å²) in [5.41, 5.74) is 1.17. The fraction of sp³-hybridized carbons (Fsp3) is 0.455. The van der Waals surface area contributed by atoms with Crippen LogP contribution in [0.1, 0.15) is 30.9 Å². The lowest BCUT2D eigenvalue weighted by Crippen LogP contribution is -2.26. The lowest BCUT2D eigenvalue weighted by atomic mass is 9.97. The van der Waals surface area contributed by atoms with E-state index in [0.717, 1.165) is 13.0 Å². The third-order valence-corrected chi connectivity index (χ3v) is 2.99. The molecule has 2 nitrogen and oxygen atoms in total. The normalized spacial score (nSPS) is 20.7. The Bertz CT molecular complexity index is 324. The molecule has 1 fully saturated rings. The van der Waals surface area contributed by atoms with Crippen molar-refractivity contribution >= 4 is 24.0 Å². The Morgan fingerprint density at radius 1 is 1.33 bits per heavy atom. The molecule has 84 valence electrons. The van der Waals surface area contributed by atoms with Gasteiger partial charge < -0.3 is 10.4 Å². The van der Waals surface area contributed by atoms with Crippen LogP contribution >= 0.6 is 24.0 Å². The van der Waals surface area contributed by atoms with E-state index in [2.05, 4.69) is 5.32 Å². The molecule has 0 saturated carbocycles. The van der Waals surface area contributed by atoms with Gasteiger partial charge in [0.25, 0.3) is 0 Å². The van der Waals surface area contributed by atoms with Gasteiger partial charge in [-0.1, -0.05) is 24.1 Å². The summed E-state index contributed by atoms with van der Waals surface area (Å²) in [4.78, 5) is 0. The topological polar surface area (TPSA) is 32.3 Å². The second-order valence-corrected chi connectivity index (χ2v) is 4.12. The summed E-state index contributed by atoms with van der Waals surface area (Å²) in [5.74, 6) is 0.159. The molecule has 4 heteroatoms. The van der Waals surface area contributed by atoms with E-state index in [1.54, 1.807) is 6.07 Å². The van der Waals surface area contributed by atoms with E-state index in [1.165, 1.54) is 18.4 Å². The van der Waals surface area contributed by atoms with Crippen molar-refractivity contribution in [3.63, 3.8) is 0 Å². The molecule has 1 saturated heterocycles. The average Bonchev–Trinajstić information content (AvgIpc) is 2.23. The molecule has 0 aliphatic carbocycles. The quantitative estimate of drug-likeness (QED) is 0.799. The molecule has 0 unspecified atom stereocenters. The number of aromatic hydroxyl groups is 1. The lowest BCUT2D eigenvalue weighted by Gasteiger charge is -2.24. The number of halogens is 2. The van der Waals surface area contributed by atoms with Gasteiger partial charge in [0, 0.05) is 6.04 Å². The molecule has 0 amide bonds. The van der Waals surface area contributed by atoms with Crippen LogP contribution in [0.4, 0.5) is 0 Å². The zero-order valence-electron chi connectivity index (χ0n) is 8.37. The number of benzene rings is 1. The highest BCUT2D eigenvalue weighted by Gasteiger charge is 2.15. The summed E-state index contributed by atoms with van der Waals surface area (Å²) in [5, 5.41) is 13.2. The van der Waals surface area contributed by atoms with E-state index < -0.39 is 0 Å². The van der Waals surface area contributed by atoms with E-state index in [1.807, 2.05) is 12.1 Å². The Morgan fingerprint density at radius 3 is 2.73 bits per heavy atom. The maximum atomic E-state index is 9.29. The molecule has 0 radical (unpaired) electrons. The molecule has 0 aromatic heterocycles. The van der Waals surface area contributed by atoms with Gasteiger partial charge in [0.2, 0.25) is 0 Å². The third-order valence-electron chi connectivity index (χ3n) is 2.68. The Labute approximate surface area is 101 Å². The van der Waals surface area contributed by atoms with Crippen LogP contribution in [0.15, 0.2) is 18.2 Å². The molecular formula is C11H15Cl2NO. The molecule has 2 rings (SSSR count). The molecule has 0 spiro atoms. The SMILES string of the molecule is Cl.Oc1ccc([C@@H]2CCCCN2)cc1Cl. The van der Waals surface area contributed by atoms with Crippen LogP contribution in [0.25, 0.3) is 0 Å². The van der Waals surface area contributed by atoms with Crippen LogP contribution in [0.2, 0.25) is 5.02 Å². The molecular weight excluding hydrogens is 233 g/mol. The number of piperidine rings is 1. The van der Waals surface area contributed by atoms with Gasteiger partial charge in [0.15, 0.2) is 0 Å². The Balaban J connectivity index is 0.00000112. The summed E-state index contributed by atoms with van der Waals surface area (Å²) < 4.78 is 0. The minimum atomic E-state index is 0. The smallest absolute Gasteiger partial charge is 0.134 e. The van der Waals surface area contributed by atoms with Crippen molar-refractivity contribution in [3.8, 4) is 5.75 Å². The van der Waals surface area contributed by atoms with Crippen molar-refractivity contribution in [2.75, 3.05) is 6.54 Å². The molecule has 15 heavy (non-hydrogen) atoms. The van der Waals surface area contributed by atoms with Crippen molar-refractivity contribution < 1.29 is 5.11 Å². The van der Waals surface area contributed by atoms with Gasteiger partial charge in [0.1, 0.15) is 5.75 Å². The fourth-order valence-electron chi connectivity index (χ4n) is 1.88. The van der Waals surface area contributed by atoms with Crippen LogP contribution < -0.4 is 5.32 Å². The summed E-state index contributed by atoms with van der Waals surface area (Å²) in [7, 11) is 0. The first-order valence-electron chi connectivity index (χ1n) is 4.99. The van der Waals surface area contributed by atoms with Crippen molar-refractivity contribution in [2.45, 2.75) is 25.3 Å². The first-order chi connectivity index (χ1) is 6.77. The summed E-state index contributed by atoms with van der Waals surface area (Å²) in [6, 6.07) is 5.85. The maximum absolute atomic E-state index is 9.29. The zero-order chi connectivity index (χ0) is 9.97. The fourth-order valence-corrected chi connectivity index (χ4v) is 2.07. The van der Waals surface area contributed by atoms with Crippen molar-refractivity contribution in [1.29, 1.82) is 0 Å². The van der Waals surface area contributed by atoms with Gasteiger partial charge in [-0.3, -0.25) is 0 Å². The minimum absolute atomic E-state index is 0. The minimum Gasteiger partial charge on any atom is -0.506 e. The van der Waals surface area contributed by atoms with Gasteiger partial charge >= 0.3 is 0 Å². The second kappa shape index (κ2) is 5.59. The van der Waals surface area contributed by atoms with Crippen LogP contribution in [0.3, 0.4) is 0 Å². The van der Waals surface area contributed by atoms with Gasteiger partial charge in [-0.05, 0) is 37.1 Å². The number of rotatable bonds is 1. The Hall–Kier alpha value is -0.440. The van der Waals surface area contributed by atoms with Gasteiger partial charge in [0.05, 0.1) is 5.02 Å². The summed E-state index contributed by atoms with van der Waals surface area (Å²) in [6.45, 7) is 1.07. The van der Waals surface area contributed by atoms with E-state index >= 15 is 0 Å². The van der Waals surface area contributed by atoms with Crippen LogP contribution in [0, 0.1) is 0 Å². The summed E-state index contributed by atoms with van der Waals surface area (Å²) >= 11 is 5.86. The predicted molar refractivity (Wildman–Crippen MR) is 65.0 cm³/mol. The highest BCUT2D eigenvalue weighted by molar-refractivity contribution is 6.32. The standard InChI is InChI=1S/C11H14ClNO.ClH/c12-9-7-8(4-5-11(9)14)10-3-1-2-6-13-10;/h4-5,7,10,13-14H,1-3,6H2;1H/t10-;/m0./s1. The first kappa shape index (κ1) is 12.6. The average molecular weight is 248 g/mol. The van der Waals surface area contributed by atoms with Crippen LogP contribution in [-0.4, -0.2) is 11.7 Å². The van der Waals surface area contributed by atoms with E-state index in [4.69, 9.17) is 11.6 Å².